The van der Waals surface area contributed by atoms with E-state index in [4.69, 9.17) is 0 Å². The number of amides is 2. The summed E-state index contributed by atoms with van der Waals surface area (Å²) < 4.78 is 0. The molecular formula is C18H26N2O2S. The Balaban J connectivity index is 1.50. The molecule has 23 heavy (non-hydrogen) atoms. The van der Waals surface area contributed by atoms with Gasteiger partial charge in [-0.05, 0) is 49.7 Å². The van der Waals surface area contributed by atoms with Gasteiger partial charge < -0.3 is 10.2 Å². The molecule has 0 bridgehead atoms. The Bertz CT molecular complexity index is 558. The van der Waals surface area contributed by atoms with Crippen molar-refractivity contribution < 1.29 is 9.59 Å². The number of carbonyl (C=O) groups is 2. The van der Waals surface area contributed by atoms with Crippen LogP contribution in [0.15, 0.2) is 6.07 Å². The van der Waals surface area contributed by atoms with Crippen LogP contribution in [-0.2, 0) is 17.6 Å². The summed E-state index contributed by atoms with van der Waals surface area (Å²) in [5.74, 6) is 0.589. The predicted molar refractivity (Wildman–Crippen MR) is 92.9 cm³/mol. The van der Waals surface area contributed by atoms with Gasteiger partial charge in [0.05, 0.1) is 4.88 Å². The number of rotatable bonds is 5. The lowest BCUT2D eigenvalue weighted by molar-refractivity contribution is -0.128. The summed E-state index contributed by atoms with van der Waals surface area (Å²) in [6, 6.07) is 2.09. The van der Waals surface area contributed by atoms with Crippen LogP contribution in [0.2, 0.25) is 0 Å². The molecule has 1 aromatic heterocycles. The van der Waals surface area contributed by atoms with Crippen LogP contribution < -0.4 is 5.32 Å². The number of likely N-dealkylation sites (tertiary alicyclic amines) is 1. The smallest absolute Gasteiger partial charge is 0.261 e. The minimum atomic E-state index is 0.0441. The van der Waals surface area contributed by atoms with Crippen molar-refractivity contribution in [3.8, 4) is 0 Å². The highest BCUT2D eigenvalue weighted by Gasteiger charge is 2.22. The molecule has 0 saturated carbocycles. The molecule has 0 aromatic carbocycles. The maximum Gasteiger partial charge on any atom is 0.261 e. The van der Waals surface area contributed by atoms with Gasteiger partial charge in [0.2, 0.25) is 5.91 Å². The molecule has 1 aliphatic heterocycles. The minimum Gasteiger partial charge on any atom is -0.351 e. The molecule has 1 aliphatic carbocycles. The number of nitrogens with zero attached hydrogens (tertiary/aromatic N) is 1. The van der Waals surface area contributed by atoms with Crippen LogP contribution >= 0.6 is 11.3 Å². The fraction of sp³-hybridized carbons (Fsp3) is 0.667. The van der Waals surface area contributed by atoms with Crippen LogP contribution in [0.25, 0.3) is 0 Å². The van der Waals surface area contributed by atoms with E-state index >= 15 is 0 Å². The Morgan fingerprint density at radius 1 is 1.26 bits per heavy atom. The van der Waals surface area contributed by atoms with E-state index in [-0.39, 0.29) is 11.8 Å². The standard InChI is InChI=1S/C18H26N2O2S/c1-13(12-20-9-5-8-17(20)21)11-19-18(22)16-10-14-6-3-2-4-7-15(14)23-16/h10,13H,2-9,11-12H2,1H3,(H,19,22). The van der Waals surface area contributed by atoms with Crippen molar-refractivity contribution in [1.82, 2.24) is 10.2 Å². The molecule has 2 aliphatic rings. The van der Waals surface area contributed by atoms with Crippen molar-refractivity contribution in [3.63, 3.8) is 0 Å². The molecular weight excluding hydrogens is 308 g/mol. The second-order valence-corrected chi connectivity index (χ2v) is 8.01. The molecule has 0 radical (unpaired) electrons. The van der Waals surface area contributed by atoms with Crippen molar-refractivity contribution in [2.75, 3.05) is 19.6 Å². The van der Waals surface area contributed by atoms with E-state index in [0.717, 1.165) is 37.2 Å². The first-order chi connectivity index (χ1) is 11.1. The molecule has 1 saturated heterocycles. The Labute approximate surface area is 142 Å². The predicted octanol–water partition coefficient (Wildman–Crippen LogP) is 3.01. The van der Waals surface area contributed by atoms with Crippen molar-refractivity contribution in [2.24, 2.45) is 5.92 Å². The van der Waals surface area contributed by atoms with E-state index in [1.54, 1.807) is 11.3 Å². The monoisotopic (exact) mass is 334 g/mol. The lowest BCUT2D eigenvalue weighted by Gasteiger charge is -2.20. The van der Waals surface area contributed by atoms with Gasteiger partial charge in [0, 0.05) is 30.9 Å². The van der Waals surface area contributed by atoms with E-state index < -0.39 is 0 Å². The van der Waals surface area contributed by atoms with E-state index in [9.17, 15) is 9.59 Å². The Morgan fingerprint density at radius 2 is 2.09 bits per heavy atom. The van der Waals surface area contributed by atoms with Gasteiger partial charge in [-0.3, -0.25) is 9.59 Å². The van der Waals surface area contributed by atoms with Gasteiger partial charge in [-0.2, -0.15) is 0 Å². The van der Waals surface area contributed by atoms with E-state index in [1.807, 2.05) is 4.90 Å². The number of nitrogens with one attached hydrogen (secondary N) is 1. The first-order valence-corrected chi connectivity index (χ1v) is 9.62. The molecule has 2 amide bonds. The summed E-state index contributed by atoms with van der Waals surface area (Å²) >= 11 is 1.67. The van der Waals surface area contributed by atoms with Gasteiger partial charge in [0.1, 0.15) is 0 Å². The average Bonchev–Trinajstić information content (AvgIpc) is 3.06. The minimum absolute atomic E-state index is 0.0441. The van der Waals surface area contributed by atoms with Gasteiger partial charge in [0.25, 0.3) is 5.91 Å². The van der Waals surface area contributed by atoms with Crippen LogP contribution in [0.3, 0.4) is 0 Å². The third kappa shape index (κ3) is 4.14. The topological polar surface area (TPSA) is 49.4 Å². The number of thiophene rings is 1. The number of aryl methyl sites for hydroxylation is 2. The van der Waals surface area contributed by atoms with Gasteiger partial charge in [-0.1, -0.05) is 13.3 Å². The van der Waals surface area contributed by atoms with Crippen molar-refractivity contribution in [3.05, 3.63) is 21.4 Å². The molecule has 5 heteroatoms. The van der Waals surface area contributed by atoms with Crippen LogP contribution in [0.4, 0.5) is 0 Å². The highest BCUT2D eigenvalue weighted by atomic mass is 32.1. The Hall–Kier alpha value is -1.36. The van der Waals surface area contributed by atoms with Crippen molar-refractivity contribution in [2.45, 2.75) is 51.9 Å². The number of hydrogen-bond acceptors (Lipinski definition) is 3. The van der Waals surface area contributed by atoms with Gasteiger partial charge in [-0.25, -0.2) is 0 Å². The third-order valence-corrected chi connectivity index (χ3v) is 6.02. The van der Waals surface area contributed by atoms with Gasteiger partial charge >= 0.3 is 0 Å². The first kappa shape index (κ1) is 16.5. The normalized spacial score (nSPS) is 19.3. The lowest BCUT2D eigenvalue weighted by Crippen LogP contribution is -2.35. The molecule has 1 aromatic rings. The molecule has 126 valence electrons. The maximum absolute atomic E-state index is 12.4. The molecule has 1 unspecified atom stereocenters. The number of carbonyl (C=O) groups excluding carboxylic acids is 2. The lowest BCUT2D eigenvalue weighted by atomic mass is 10.1. The van der Waals surface area contributed by atoms with Crippen LogP contribution in [-0.4, -0.2) is 36.3 Å². The maximum atomic E-state index is 12.4. The summed E-state index contributed by atoms with van der Waals surface area (Å²) in [7, 11) is 0. The molecule has 1 atom stereocenters. The summed E-state index contributed by atoms with van der Waals surface area (Å²) in [5.41, 5.74) is 1.38. The summed E-state index contributed by atoms with van der Waals surface area (Å²) in [4.78, 5) is 28.2. The van der Waals surface area contributed by atoms with Crippen LogP contribution in [0.5, 0.6) is 0 Å². The van der Waals surface area contributed by atoms with E-state index in [0.29, 0.717) is 18.9 Å². The Morgan fingerprint density at radius 3 is 2.87 bits per heavy atom. The average molecular weight is 334 g/mol. The fourth-order valence-corrected chi connectivity index (χ4v) is 4.64. The zero-order valence-electron chi connectivity index (χ0n) is 13.9. The molecule has 0 spiro atoms. The van der Waals surface area contributed by atoms with Gasteiger partial charge in [0.15, 0.2) is 0 Å². The second kappa shape index (κ2) is 7.47. The largest absolute Gasteiger partial charge is 0.351 e. The zero-order chi connectivity index (χ0) is 16.2. The summed E-state index contributed by atoms with van der Waals surface area (Å²) in [5, 5.41) is 3.05. The summed E-state index contributed by atoms with van der Waals surface area (Å²) in [6.07, 6.45) is 7.68. The molecule has 1 N–H and O–H groups in total. The Kier molecular flexibility index (Phi) is 5.36. The van der Waals surface area contributed by atoms with Crippen molar-refractivity contribution >= 4 is 23.2 Å². The highest BCUT2D eigenvalue weighted by Crippen LogP contribution is 2.28. The SMILES string of the molecule is CC(CNC(=O)c1cc2c(s1)CCCCC2)CN1CCCC1=O. The van der Waals surface area contributed by atoms with Crippen molar-refractivity contribution in [1.29, 1.82) is 0 Å². The molecule has 3 rings (SSSR count). The van der Waals surface area contributed by atoms with Crippen LogP contribution in [0.1, 0.15) is 59.1 Å². The molecule has 2 heterocycles. The highest BCUT2D eigenvalue weighted by molar-refractivity contribution is 7.14. The molecule has 1 fully saturated rings. The number of hydrogen-bond donors (Lipinski definition) is 1. The first-order valence-electron chi connectivity index (χ1n) is 8.81. The van der Waals surface area contributed by atoms with E-state index in [1.165, 1.54) is 29.7 Å². The fourth-order valence-electron chi connectivity index (χ4n) is 3.47. The zero-order valence-corrected chi connectivity index (χ0v) is 14.7. The number of fused-ring (bicyclic) bond motifs is 1. The molecule has 4 nitrogen and oxygen atoms in total. The van der Waals surface area contributed by atoms with Crippen LogP contribution in [0, 0.1) is 5.92 Å². The third-order valence-electron chi connectivity index (χ3n) is 4.78. The van der Waals surface area contributed by atoms with Gasteiger partial charge in [-0.15, -0.1) is 11.3 Å². The quantitative estimate of drug-likeness (QED) is 0.842. The second-order valence-electron chi connectivity index (χ2n) is 6.88. The van der Waals surface area contributed by atoms with E-state index in [2.05, 4.69) is 18.3 Å². The summed E-state index contributed by atoms with van der Waals surface area (Å²) in [6.45, 7) is 4.34.